The Bertz CT molecular complexity index is 306. The number of carbonyl (C=O) groups is 2. The minimum absolute atomic E-state index is 0.0151. The van der Waals surface area contributed by atoms with Crippen molar-refractivity contribution in [3.63, 3.8) is 0 Å². The predicted octanol–water partition coefficient (Wildman–Crippen LogP) is 0.664. The van der Waals surface area contributed by atoms with E-state index >= 15 is 0 Å². The summed E-state index contributed by atoms with van der Waals surface area (Å²) in [4.78, 5) is 24.3. The molecule has 0 spiro atoms. The van der Waals surface area contributed by atoms with Crippen LogP contribution in [-0.2, 0) is 9.59 Å². The molecule has 0 aliphatic rings. The zero-order valence-corrected chi connectivity index (χ0v) is 12.9. The van der Waals surface area contributed by atoms with Gasteiger partial charge in [-0.15, -0.1) is 0 Å². The first-order valence-electron chi connectivity index (χ1n) is 7.21. The van der Waals surface area contributed by atoms with Gasteiger partial charge in [-0.05, 0) is 31.3 Å². The van der Waals surface area contributed by atoms with Crippen molar-refractivity contribution in [3.8, 4) is 0 Å². The number of carboxylic acids is 1. The molecular formula is C14H29N3O3. The average Bonchev–Trinajstić information content (AvgIpc) is 2.34. The Balaban J connectivity index is 4.10. The summed E-state index contributed by atoms with van der Waals surface area (Å²) < 4.78 is 0. The number of hydrogen-bond donors (Lipinski definition) is 3. The van der Waals surface area contributed by atoms with Gasteiger partial charge in [-0.25, -0.2) is 0 Å². The molecule has 0 unspecified atom stereocenters. The third-order valence-corrected chi connectivity index (χ3v) is 3.00. The molecular weight excluding hydrogens is 258 g/mol. The summed E-state index contributed by atoms with van der Waals surface area (Å²) in [5.41, 5.74) is 5.71. The molecule has 1 amide bonds. The molecule has 0 fully saturated rings. The summed E-state index contributed by atoms with van der Waals surface area (Å²) >= 11 is 0. The zero-order chi connectivity index (χ0) is 15.6. The molecule has 0 aromatic rings. The van der Waals surface area contributed by atoms with E-state index in [-0.39, 0.29) is 17.7 Å². The Kier molecular flexibility index (Phi) is 9.16. The zero-order valence-electron chi connectivity index (χ0n) is 12.9. The largest absolute Gasteiger partial charge is 0.481 e. The van der Waals surface area contributed by atoms with Crippen LogP contribution in [0, 0.1) is 5.41 Å². The van der Waals surface area contributed by atoms with Crippen LogP contribution in [0.25, 0.3) is 0 Å². The van der Waals surface area contributed by atoms with Gasteiger partial charge in [0.1, 0.15) is 0 Å². The van der Waals surface area contributed by atoms with Crippen molar-refractivity contribution in [2.45, 2.75) is 40.0 Å². The summed E-state index contributed by atoms with van der Waals surface area (Å²) in [7, 11) is 0. The molecule has 0 saturated carbocycles. The highest BCUT2D eigenvalue weighted by Crippen LogP contribution is 2.14. The van der Waals surface area contributed by atoms with Crippen LogP contribution >= 0.6 is 0 Å². The minimum Gasteiger partial charge on any atom is -0.481 e. The molecule has 0 heterocycles. The topological polar surface area (TPSA) is 95.7 Å². The van der Waals surface area contributed by atoms with E-state index in [0.29, 0.717) is 26.1 Å². The van der Waals surface area contributed by atoms with Gasteiger partial charge in [0.25, 0.3) is 0 Å². The third-order valence-electron chi connectivity index (χ3n) is 3.00. The highest BCUT2D eigenvalue weighted by atomic mass is 16.4. The molecule has 0 radical (unpaired) electrons. The number of hydrogen-bond acceptors (Lipinski definition) is 4. The van der Waals surface area contributed by atoms with Crippen molar-refractivity contribution in [1.82, 2.24) is 10.2 Å². The van der Waals surface area contributed by atoms with Crippen molar-refractivity contribution < 1.29 is 14.7 Å². The number of amides is 1. The molecule has 0 aliphatic heterocycles. The number of carboxylic acid groups (broad SMARTS) is 1. The number of carbonyl (C=O) groups excluding carboxylic acids is 1. The monoisotopic (exact) mass is 287 g/mol. The molecule has 0 bridgehead atoms. The maximum Gasteiger partial charge on any atom is 0.303 e. The smallest absolute Gasteiger partial charge is 0.303 e. The van der Waals surface area contributed by atoms with Gasteiger partial charge >= 0.3 is 5.97 Å². The summed E-state index contributed by atoms with van der Waals surface area (Å²) in [5, 5.41) is 11.3. The van der Waals surface area contributed by atoms with E-state index < -0.39 is 5.97 Å². The van der Waals surface area contributed by atoms with Gasteiger partial charge in [-0.3, -0.25) is 14.5 Å². The Morgan fingerprint density at radius 2 is 2.00 bits per heavy atom. The Labute approximate surface area is 121 Å². The molecule has 0 rings (SSSR count). The molecule has 20 heavy (non-hydrogen) atoms. The second-order valence-corrected chi connectivity index (χ2v) is 5.93. The van der Waals surface area contributed by atoms with Crippen molar-refractivity contribution in [3.05, 3.63) is 0 Å². The molecule has 0 atom stereocenters. The minimum atomic E-state index is -0.837. The van der Waals surface area contributed by atoms with E-state index in [1.165, 1.54) is 0 Å². The van der Waals surface area contributed by atoms with E-state index in [1.54, 1.807) is 0 Å². The lowest BCUT2D eigenvalue weighted by Crippen LogP contribution is -2.44. The van der Waals surface area contributed by atoms with Gasteiger partial charge in [0.05, 0.1) is 6.54 Å². The molecule has 0 aliphatic carbocycles. The maximum absolute atomic E-state index is 11.8. The quantitative estimate of drug-likeness (QED) is 0.485. The summed E-state index contributed by atoms with van der Waals surface area (Å²) in [6.07, 6.45) is 1.52. The molecule has 6 nitrogen and oxygen atoms in total. The first-order valence-corrected chi connectivity index (χ1v) is 7.21. The Hall–Kier alpha value is -1.14. The lowest BCUT2D eigenvalue weighted by molar-refractivity contribution is -0.137. The highest BCUT2D eigenvalue weighted by Gasteiger charge is 2.21. The van der Waals surface area contributed by atoms with Crippen LogP contribution in [0.3, 0.4) is 0 Å². The van der Waals surface area contributed by atoms with Gasteiger partial charge < -0.3 is 16.2 Å². The molecule has 0 saturated heterocycles. The maximum atomic E-state index is 11.8. The summed E-state index contributed by atoms with van der Waals surface area (Å²) in [5.74, 6) is -0.895. The highest BCUT2D eigenvalue weighted by molar-refractivity contribution is 5.78. The first-order chi connectivity index (χ1) is 9.30. The van der Waals surface area contributed by atoms with Gasteiger partial charge in [-0.1, -0.05) is 20.8 Å². The van der Waals surface area contributed by atoms with E-state index in [4.69, 9.17) is 10.8 Å². The molecule has 0 aromatic carbocycles. The predicted molar refractivity (Wildman–Crippen MR) is 79.4 cm³/mol. The number of aliphatic carboxylic acids is 1. The average molecular weight is 287 g/mol. The van der Waals surface area contributed by atoms with Crippen molar-refractivity contribution in [1.29, 1.82) is 0 Å². The van der Waals surface area contributed by atoms with Gasteiger partial charge in [0.2, 0.25) is 5.91 Å². The van der Waals surface area contributed by atoms with E-state index in [2.05, 4.69) is 31.0 Å². The second kappa shape index (κ2) is 9.72. The van der Waals surface area contributed by atoms with E-state index in [0.717, 1.165) is 19.5 Å². The Morgan fingerprint density at radius 1 is 1.35 bits per heavy atom. The van der Waals surface area contributed by atoms with Gasteiger partial charge in [0.15, 0.2) is 0 Å². The van der Waals surface area contributed by atoms with Crippen molar-refractivity contribution >= 4 is 11.9 Å². The van der Waals surface area contributed by atoms with Crippen molar-refractivity contribution in [2.75, 3.05) is 32.7 Å². The number of rotatable bonds is 11. The van der Waals surface area contributed by atoms with Gasteiger partial charge in [-0.2, -0.15) is 0 Å². The normalized spacial score (nSPS) is 11.7. The summed E-state index contributed by atoms with van der Waals surface area (Å²) in [6.45, 7) is 9.20. The fourth-order valence-electron chi connectivity index (χ4n) is 1.93. The lowest BCUT2D eigenvalue weighted by atomic mass is 9.93. The number of nitrogens with two attached hydrogens (primary N) is 1. The van der Waals surface area contributed by atoms with E-state index in [9.17, 15) is 9.59 Å². The SMILES string of the molecule is CCCN(CC(=O)NCCCC(=O)O)CC(C)(C)CN. The molecule has 118 valence electrons. The number of nitrogens with zero attached hydrogens (tertiary/aromatic N) is 1. The fourth-order valence-corrected chi connectivity index (χ4v) is 1.93. The Morgan fingerprint density at radius 3 is 2.50 bits per heavy atom. The molecule has 4 N–H and O–H groups in total. The van der Waals surface area contributed by atoms with Gasteiger partial charge in [0, 0.05) is 19.5 Å². The molecule has 0 aromatic heterocycles. The van der Waals surface area contributed by atoms with Crippen LogP contribution < -0.4 is 11.1 Å². The lowest BCUT2D eigenvalue weighted by Gasteiger charge is -2.31. The molecule has 6 heteroatoms. The van der Waals surface area contributed by atoms with Crippen LogP contribution in [0.2, 0.25) is 0 Å². The fraction of sp³-hybridized carbons (Fsp3) is 0.857. The second-order valence-electron chi connectivity index (χ2n) is 5.93. The van der Waals surface area contributed by atoms with Crippen LogP contribution in [-0.4, -0.2) is 54.6 Å². The third kappa shape index (κ3) is 9.75. The van der Waals surface area contributed by atoms with Crippen molar-refractivity contribution in [2.24, 2.45) is 11.1 Å². The van der Waals surface area contributed by atoms with Crippen LogP contribution in [0.4, 0.5) is 0 Å². The first kappa shape index (κ1) is 18.9. The number of nitrogens with one attached hydrogen (secondary N) is 1. The summed E-state index contributed by atoms with van der Waals surface area (Å²) in [6, 6.07) is 0. The van der Waals surface area contributed by atoms with Crippen LogP contribution in [0.1, 0.15) is 40.0 Å². The standard InChI is InChI=1S/C14H29N3O3/c1-4-8-17(11-14(2,3)10-15)9-12(18)16-7-5-6-13(19)20/h4-11,15H2,1-3H3,(H,16,18)(H,19,20). The van der Waals surface area contributed by atoms with Crippen LogP contribution in [0.15, 0.2) is 0 Å². The van der Waals surface area contributed by atoms with Crippen LogP contribution in [0.5, 0.6) is 0 Å². The van der Waals surface area contributed by atoms with E-state index in [1.807, 2.05) is 0 Å².